The molecule has 0 atom stereocenters. The normalized spacial score (nSPS) is 11.0. The first-order valence-electron chi connectivity index (χ1n) is 8.93. The summed E-state index contributed by atoms with van der Waals surface area (Å²) in [5.74, 6) is -1.84. The second-order valence-electron chi connectivity index (χ2n) is 6.43. The number of benzene rings is 2. The number of ether oxygens (including phenoxy) is 2. The first kappa shape index (κ1) is 21.6. The Morgan fingerprint density at radius 2 is 1.97 bits per heavy atom. The Hall–Kier alpha value is -4.08. The van der Waals surface area contributed by atoms with Crippen LogP contribution in [0.2, 0.25) is 0 Å². The van der Waals surface area contributed by atoms with E-state index in [1.165, 1.54) is 37.1 Å². The van der Waals surface area contributed by atoms with E-state index in [1.54, 1.807) is 18.2 Å². The molecule has 2 aromatic carbocycles. The van der Waals surface area contributed by atoms with Crippen molar-refractivity contribution < 1.29 is 28.0 Å². The van der Waals surface area contributed by atoms with Crippen LogP contribution in [0.1, 0.15) is 21.6 Å². The quantitative estimate of drug-likeness (QED) is 0.232. The van der Waals surface area contributed by atoms with Gasteiger partial charge in [0.05, 0.1) is 12.0 Å². The fourth-order valence-electron chi connectivity index (χ4n) is 2.80. The minimum atomic E-state index is -0.836. The van der Waals surface area contributed by atoms with Gasteiger partial charge in [-0.15, -0.1) is 0 Å². The van der Waals surface area contributed by atoms with Gasteiger partial charge in [-0.2, -0.15) is 5.10 Å². The van der Waals surface area contributed by atoms with Gasteiger partial charge in [0.15, 0.2) is 11.6 Å². The second-order valence-corrected chi connectivity index (χ2v) is 6.43. The molecule has 10 heteroatoms. The van der Waals surface area contributed by atoms with Gasteiger partial charge in [-0.25, -0.2) is 8.78 Å². The molecule has 0 radical (unpaired) electrons. The van der Waals surface area contributed by atoms with Crippen molar-refractivity contribution in [1.82, 2.24) is 9.78 Å². The number of hydrogen-bond acceptors (Lipinski definition) is 6. The second kappa shape index (κ2) is 9.16. The van der Waals surface area contributed by atoms with Gasteiger partial charge in [0.1, 0.15) is 24.4 Å². The predicted molar refractivity (Wildman–Crippen MR) is 107 cm³/mol. The van der Waals surface area contributed by atoms with E-state index in [9.17, 15) is 23.7 Å². The molecule has 0 aliphatic carbocycles. The van der Waals surface area contributed by atoms with Crippen molar-refractivity contribution in [2.45, 2.75) is 6.61 Å². The number of aryl methyl sites for hydroxylation is 1. The number of halogens is 2. The van der Waals surface area contributed by atoms with Crippen LogP contribution in [-0.2, 0) is 13.7 Å². The largest absolute Gasteiger partial charge is 0.496 e. The average Bonchev–Trinajstić information content (AvgIpc) is 3.13. The van der Waals surface area contributed by atoms with Gasteiger partial charge in [0.25, 0.3) is 0 Å². The lowest BCUT2D eigenvalue weighted by Crippen LogP contribution is -2.02. The van der Waals surface area contributed by atoms with Crippen molar-refractivity contribution in [3.05, 3.63) is 87.2 Å². The van der Waals surface area contributed by atoms with Crippen molar-refractivity contribution in [2.24, 2.45) is 7.05 Å². The van der Waals surface area contributed by atoms with E-state index >= 15 is 0 Å². The minimum Gasteiger partial charge on any atom is -0.496 e. The summed E-state index contributed by atoms with van der Waals surface area (Å²) in [5, 5.41) is 14.9. The predicted octanol–water partition coefficient (Wildman–Crippen LogP) is 4.09. The molecule has 3 rings (SSSR count). The minimum absolute atomic E-state index is 0.0763. The summed E-state index contributed by atoms with van der Waals surface area (Å²) >= 11 is 0. The number of methoxy groups -OCH3 is 1. The number of ketones is 1. The maximum absolute atomic E-state index is 13.8. The fraction of sp³-hybridized carbons (Fsp3) is 0.143. The third-order valence-electron chi connectivity index (χ3n) is 4.25. The first-order valence-corrected chi connectivity index (χ1v) is 8.93. The van der Waals surface area contributed by atoms with Crippen molar-refractivity contribution in [3.63, 3.8) is 0 Å². The summed E-state index contributed by atoms with van der Waals surface area (Å²) in [5.41, 5.74) is 0.463. The maximum atomic E-state index is 13.8. The molecule has 0 bridgehead atoms. The summed E-state index contributed by atoms with van der Waals surface area (Å²) < 4.78 is 38.7. The summed E-state index contributed by atoms with van der Waals surface area (Å²) in [4.78, 5) is 22.7. The van der Waals surface area contributed by atoms with Crippen LogP contribution in [0.4, 0.5) is 14.5 Å². The van der Waals surface area contributed by atoms with Crippen LogP contribution < -0.4 is 9.47 Å². The SMILES string of the molecule is COc1ccc(/C=C/C(=O)c2nn(C)cc2[N+](=O)[O-])cc1COc1ccc(F)cc1F. The molecule has 1 heterocycles. The summed E-state index contributed by atoms with van der Waals surface area (Å²) in [7, 11) is 2.93. The van der Waals surface area contributed by atoms with E-state index in [1.807, 2.05) is 0 Å². The Morgan fingerprint density at radius 1 is 1.23 bits per heavy atom. The smallest absolute Gasteiger partial charge is 0.318 e. The first-order chi connectivity index (χ1) is 14.8. The van der Waals surface area contributed by atoms with Gasteiger partial charge in [0, 0.05) is 18.7 Å². The highest BCUT2D eigenvalue weighted by Gasteiger charge is 2.23. The van der Waals surface area contributed by atoms with E-state index in [2.05, 4.69) is 5.10 Å². The van der Waals surface area contributed by atoms with E-state index < -0.39 is 22.3 Å². The molecule has 3 aromatic rings. The lowest BCUT2D eigenvalue weighted by molar-refractivity contribution is -0.385. The van der Waals surface area contributed by atoms with Crippen LogP contribution in [-0.4, -0.2) is 27.6 Å². The number of rotatable bonds is 8. The number of allylic oxidation sites excluding steroid dienone is 1. The Bertz CT molecular complexity index is 1170. The zero-order chi connectivity index (χ0) is 22.5. The van der Waals surface area contributed by atoms with Crippen LogP contribution in [0.5, 0.6) is 11.5 Å². The Balaban J connectivity index is 1.80. The Morgan fingerprint density at radius 3 is 2.65 bits per heavy atom. The number of carbonyl (C=O) groups excluding carboxylic acids is 1. The standard InChI is InChI=1S/C21H17F2N3O5/c1-25-11-17(26(28)29)21(24-25)18(27)6-3-13-4-7-19(30-2)14(9-13)12-31-20-8-5-15(22)10-16(20)23/h3-11H,12H2,1-2H3/b6-3+. The van der Waals surface area contributed by atoms with E-state index in [-0.39, 0.29) is 23.7 Å². The molecule has 8 nitrogen and oxygen atoms in total. The van der Waals surface area contributed by atoms with Gasteiger partial charge in [-0.1, -0.05) is 12.1 Å². The molecule has 0 aliphatic heterocycles. The van der Waals surface area contributed by atoms with Crippen molar-refractivity contribution in [1.29, 1.82) is 0 Å². The van der Waals surface area contributed by atoms with Crippen LogP contribution >= 0.6 is 0 Å². The van der Waals surface area contributed by atoms with E-state index in [0.29, 0.717) is 22.9 Å². The number of nitro groups is 1. The number of nitrogens with zero attached hydrogens (tertiary/aromatic N) is 3. The van der Waals surface area contributed by atoms with Crippen molar-refractivity contribution in [2.75, 3.05) is 7.11 Å². The van der Waals surface area contributed by atoms with Crippen LogP contribution in [0, 0.1) is 21.7 Å². The van der Waals surface area contributed by atoms with Crippen molar-refractivity contribution >= 4 is 17.5 Å². The molecular weight excluding hydrogens is 412 g/mol. The lowest BCUT2D eigenvalue weighted by atomic mass is 10.1. The molecule has 31 heavy (non-hydrogen) atoms. The molecule has 0 unspecified atom stereocenters. The Kier molecular flexibility index (Phi) is 6.39. The molecule has 1 aromatic heterocycles. The van der Waals surface area contributed by atoms with Gasteiger partial charge < -0.3 is 9.47 Å². The topological polar surface area (TPSA) is 96.5 Å². The van der Waals surface area contributed by atoms with Gasteiger partial charge in [-0.3, -0.25) is 19.6 Å². The highest BCUT2D eigenvalue weighted by atomic mass is 19.1. The third-order valence-corrected chi connectivity index (χ3v) is 4.25. The average molecular weight is 429 g/mol. The molecule has 0 spiro atoms. The molecule has 0 amide bonds. The van der Waals surface area contributed by atoms with Crippen LogP contribution in [0.3, 0.4) is 0 Å². The molecule has 0 saturated carbocycles. The summed E-state index contributed by atoms with van der Waals surface area (Å²) in [6, 6.07) is 7.92. The highest BCUT2D eigenvalue weighted by Crippen LogP contribution is 2.25. The van der Waals surface area contributed by atoms with Gasteiger partial charge >= 0.3 is 5.69 Å². The summed E-state index contributed by atoms with van der Waals surface area (Å²) in [6.07, 6.45) is 3.78. The zero-order valence-corrected chi connectivity index (χ0v) is 16.5. The number of aromatic nitrogens is 2. The number of carbonyl (C=O) groups is 1. The van der Waals surface area contributed by atoms with Crippen molar-refractivity contribution in [3.8, 4) is 11.5 Å². The molecule has 0 saturated heterocycles. The zero-order valence-electron chi connectivity index (χ0n) is 16.5. The van der Waals surface area contributed by atoms with Crippen LogP contribution in [0.15, 0.2) is 48.7 Å². The monoisotopic (exact) mass is 429 g/mol. The molecule has 160 valence electrons. The molecule has 0 N–H and O–H groups in total. The Labute approximate surface area is 175 Å². The number of hydrogen-bond donors (Lipinski definition) is 0. The molecule has 0 aliphatic rings. The van der Waals surface area contributed by atoms with Gasteiger partial charge in [-0.05, 0) is 35.9 Å². The maximum Gasteiger partial charge on any atom is 0.318 e. The summed E-state index contributed by atoms with van der Waals surface area (Å²) in [6.45, 7) is -0.0763. The highest BCUT2D eigenvalue weighted by molar-refractivity contribution is 6.07. The fourth-order valence-corrected chi connectivity index (χ4v) is 2.80. The van der Waals surface area contributed by atoms with Crippen LogP contribution in [0.25, 0.3) is 6.08 Å². The van der Waals surface area contributed by atoms with E-state index in [0.717, 1.165) is 12.3 Å². The lowest BCUT2D eigenvalue weighted by Gasteiger charge is -2.12. The molecular formula is C21H17F2N3O5. The third kappa shape index (κ3) is 5.10. The molecule has 0 fully saturated rings. The van der Waals surface area contributed by atoms with E-state index in [4.69, 9.17) is 9.47 Å². The van der Waals surface area contributed by atoms with Gasteiger partial charge in [0.2, 0.25) is 11.5 Å².